The Labute approximate surface area is 114 Å². The van der Waals surface area contributed by atoms with E-state index in [0.29, 0.717) is 26.6 Å². The van der Waals surface area contributed by atoms with E-state index in [1.54, 1.807) is 0 Å². The second kappa shape index (κ2) is 8.02. The quantitative estimate of drug-likeness (QED) is 0.644. The lowest BCUT2D eigenvalue weighted by Gasteiger charge is -2.06. The number of fused-ring (bicyclic) bond motifs is 1. The van der Waals surface area contributed by atoms with Gasteiger partial charge in [-0.15, -0.1) is 0 Å². The molecule has 4 heteroatoms. The first-order valence-corrected chi connectivity index (χ1v) is 6.94. The fourth-order valence-electron chi connectivity index (χ4n) is 1.85. The molecule has 1 aliphatic rings. The zero-order valence-electron chi connectivity index (χ0n) is 11.5. The van der Waals surface area contributed by atoms with Crippen LogP contribution < -0.4 is 9.47 Å². The summed E-state index contributed by atoms with van der Waals surface area (Å²) >= 11 is 0. The highest BCUT2D eigenvalue weighted by Crippen LogP contribution is 2.32. The van der Waals surface area contributed by atoms with Crippen molar-refractivity contribution in [1.82, 2.24) is 0 Å². The lowest BCUT2D eigenvalue weighted by molar-refractivity contribution is 0.0478. The van der Waals surface area contributed by atoms with Gasteiger partial charge in [0.15, 0.2) is 11.5 Å². The summed E-state index contributed by atoms with van der Waals surface area (Å²) in [7, 11) is 0. The van der Waals surface area contributed by atoms with Crippen molar-refractivity contribution >= 4 is 0 Å². The van der Waals surface area contributed by atoms with Crippen molar-refractivity contribution in [3.8, 4) is 11.5 Å². The van der Waals surface area contributed by atoms with Crippen LogP contribution in [0.4, 0.5) is 0 Å². The van der Waals surface area contributed by atoms with Gasteiger partial charge in [-0.25, -0.2) is 0 Å². The SMILES string of the molecule is CCCCOCCOCCc1ccc2c(c1)OCO2. The Hall–Kier alpha value is -1.26. The highest BCUT2D eigenvalue weighted by atomic mass is 16.7. The molecule has 0 aliphatic carbocycles. The Morgan fingerprint density at radius 1 is 1.00 bits per heavy atom. The molecule has 0 amide bonds. The fourth-order valence-corrected chi connectivity index (χ4v) is 1.85. The number of rotatable bonds is 9. The van der Waals surface area contributed by atoms with Gasteiger partial charge in [-0.1, -0.05) is 19.4 Å². The van der Waals surface area contributed by atoms with E-state index in [1.165, 1.54) is 12.0 Å². The second-order valence-corrected chi connectivity index (χ2v) is 4.52. The van der Waals surface area contributed by atoms with E-state index in [1.807, 2.05) is 12.1 Å². The molecule has 0 N–H and O–H groups in total. The molecular formula is C15H22O4. The molecule has 0 spiro atoms. The van der Waals surface area contributed by atoms with Crippen molar-refractivity contribution in [2.75, 3.05) is 33.2 Å². The summed E-state index contributed by atoms with van der Waals surface area (Å²) < 4.78 is 21.6. The van der Waals surface area contributed by atoms with Crippen molar-refractivity contribution in [2.24, 2.45) is 0 Å². The van der Waals surface area contributed by atoms with Gasteiger partial charge in [0, 0.05) is 6.61 Å². The molecule has 1 aromatic carbocycles. The molecule has 4 nitrogen and oxygen atoms in total. The van der Waals surface area contributed by atoms with Crippen LogP contribution in [0.25, 0.3) is 0 Å². The molecule has 0 fully saturated rings. The van der Waals surface area contributed by atoms with Gasteiger partial charge in [-0.3, -0.25) is 0 Å². The minimum Gasteiger partial charge on any atom is -0.454 e. The third-order valence-electron chi connectivity index (χ3n) is 2.99. The summed E-state index contributed by atoms with van der Waals surface area (Å²) in [5.41, 5.74) is 1.20. The standard InChI is InChI=1S/C15H22O4/c1-2-3-7-16-9-10-17-8-6-13-4-5-14-15(11-13)19-12-18-14/h4-5,11H,2-3,6-10,12H2,1H3. The molecule has 1 aromatic rings. The van der Waals surface area contributed by atoms with E-state index in [-0.39, 0.29) is 0 Å². The van der Waals surface area contributed by atoms with Gasteiger partial charge < -0.3 is 18.9 Å². The topological polar surface area (TPSA) is 36.9 Å². The van der Waals surface area contributed by atoms with E-state index in [0.717, 1.165) is 30.9 Å². The van der Waals surface area contributed by atoms with E-state index in [2.05, 4.69) is 13.0 Å². The number of hydrogen-bond donors (Lipinski definition) is 0. The molecule has 0 unspecified atom stereocenters. The van der Waals surface area contributed by atoms with Crippen LogP contribution in [-0.2, 0) is 15.9 Å². The Kier molecular flexibility index (Phi) is 5.98. The molecule has 19 heavy (non-hydrogen) atoms. The third kappa shape index (κ3) is 4.73. The first-order valence-electron chi connectivity index (χ1n) is 6.94. The molecule has 106 valence electrons. The van der Waals surface area contributed by atoms with E-state index in [9.17, 15) is 0 Å². The summed E-state index contributed by atoms with van der Waals surface area (Å²) in [6, 6.07) is 6.02. The average molecular weight is 266 g/mol. The van der Waals surface area contributed by atoms with Crippen LogP contribution in [0.5, 0.6) is 11.5 Å². The minimum atomic E-state index is 0.324. The highest BCUT2D eigenvalue weighted by molar-refractivity contribution is 5.44. The molecular weight excluding hydrogens is 244 g/mol. The summed E-state index contributed by atoms with van der Waals surface area (Å²) in [5.74, 6) is 1.66. The number of benzene rings is 1. The van der Waals surface area contributed by atoms with Gasteiger partial charge in [-0.05, 0) is 30.5 Å². The predicted octanol–water partition coefficient (Wildman–Crippen LogP) is 2.79. The van der Waals surface area contributed by atoms with Crippen molar-refractivity contribution < 1.29 is 18.9 Å². The largest absolute Gasteiger partial charge is 0.454 e. The third-order valence-corrected chi connectivity index (χ3v) is 2.99. The van der Waals surface area contributed by atoms with Crippen LogP contribution in [0, 0.1) is 0 Å². The molecule has 1 heterocycles. The van der Waals surface area contributed by atoms with Crippen LogP contribution in [0.3, 0.4) is 0 Å². The smallest absolute Gasteiger partial charge is 0.231 e. The maximum atomic E-state index is 5.54. The van der Waals surface area contributed by atoms with E-state index < -0.39 is 0 Å². The van der Waals surface area contributed by atoms with Crippen LogP contribution in [0.15, 0.2) is 18.2 Å². The van der Waals surface area contributed by atoms with Crippen molar-refractivity contribution in [3.05, 3.63) is 23.8 Å². The van der Waals surface area contributed by atoms with Crippen LogP contribution in [0.1, 0.15) is 25.3 Å². The molecule has 0 bridgehead atoms. The first-order chi connectivity index (χ1) is 9.40. The summed E-state index contributed by atoms with van der Waals surface area (Å²) in [5, 5.41) is 0. The zero-order valence-corrected chi connectivity index (χ0v) is 11.5. The maximum Gasteiger partial charge on any atom is 0.231 e. The van der Waals surface area contributed by atoms with Crippen LogP contribution in [0.2, 0.25) is 0 Å². The average Bonchev–Trinajstić information content (AvgIpc) is 2.89. The molecule has 0 radical (unpaired) electrons. The molecule has 0 saturated carbocycles. The normalized spacial score (nSPS) is 12.9. The Balaban J connectivity index is 1.56. The Morgan fingerprint density at radius 3 is 2.63 bits per heavy atom. The summed E-state index contributed by atoms with van der Waals surface area (Å²) in [6.45, 7) is 5.36. The molecule has 0 atom stereocenters. The van der Waals surface area contributed by atoms with E-state index >= 15 is 0 Å². The van der Waals surface area contributed by atoms with Crippen LogP contribution >= 0.6 is 0 Å². The van der Waals surface area contributed by atoms with Crippen molar-refractivity contribution in [2.45, 2.75) is 26.2 Å². The zero-order chi connectivity index (χ0) is 13.3. The van der Waals surface area contributed by atoms with Gasteiger partial charge in [0.05, 0.1) is 19.8 Å². The van der Waals surface area contributed by atoms with Gasteiger partial charge in [0.2, 0.25) is 6.79 Å². The molecule has 2 rings (SSSR count). The minimum absolute atomic E-state index is 0.324. The molecule has 0 saturated heterocycles. The monoisotopic (exact) mass is 266 g/mol. The predicted molar refractivity (Wildman–Crippen MR) is 72.8 cm³/mol. The molecule has 0 aromatic heterocycles. The lowest BCUT2D eigenvalue weighted by Crippen LogP contribution is -2.07. The van der Waals surface area contributed by atoms with Gasteiger partial charge in [0.25, 0.3) is 0 Å². The van der Waals surface area contributed by atoms with Gasteiger partial charge in [0.1, 0.15) is 0 Å². The number of hydrogen-bond acceptors (Lipinski definition) is 4. The Morgan fingerprint density at radius 2 is 1.79 bits per heavy atom. The number of unbranched alkanes of at least 4 members (excludes halogenated alkanes) is 1. The summed E-state index contributed by atoms with van der Waals surface area (Å²) in [6.07, 6.45) is 3.17. The fraction of sp³-hybridized carbons (Fsp3) is 0.600. The van der Waals surface area contributed by atoms with Gasteiger partial charge in [-0.2, -0.15) is 0 Å². The highest BCUT2D eigenvalue weighted by Gasteiger charge is 2.12. The Bertz CT molecular complexity index is 378. The lowest BCUT2D eigenvalue weighted by atomic mass is 10.1. The second-order valence-electron chi connectivity index (χ2n) is 4.52. The number of ether oxygens (including phenoxy) is 4. The molecule has 1 aliphatic heterocycles. The van der Waals surface area contributed by atoms with Gasteiger partial charge >= 0.3 is 0 Å². The van der Waals surface area contributed by atoms with Crippen molar-refractivity contribution in [3.63, 3.8) is 0 Å². The van der Waals surface area contributed by atoms with Crippen molar-refractivity contribution in [1.29, 1.82) is 0 Å². The summed E-state index contributed by atoms with van der Waals surface area (Å²) in [4.78, 5) is 0. The first kappa shape index (κ1) is 14.2. The van der Waals surface area contributed by atoms with Crippen LogP contribution in [-0.4, -0.2) is 33.2 Å². The maximum absolute atomic E-state index is 5.54. The van der Waals surface area contributed by atoms with E-state index in [4.69, 9.17) is 18.9 Å².